The molecule has 3 rings (SSSR count). The van der Waals surface area contributed by atoms with Crippen LogP contribution < -0.4 is 10.2 Å². The monoisotopic (exact) mass is 309 g/mol. The highest BCUT2D eigenvalue weighted by atomic mass is 35.5. The third-order valence-corrected chi connectivity index (χ3v) is 4.69. The predicted molar refractivity (Wildman–Crippen MR) is 84.0 cm³/mol. The average molecular weight is 310 g/mol. The molecule has 0 aliphatic carbocycles. The number of benzene rings is 1. The number of aliphatic hydroxyl groups excluding tert-OH is 1. The Morgan fingerprint density at radius 1 is 1.43 bits per heavy atom. The van der Waals surface area contributed by atoms with Crippen LogP contribution in [0.5, 0.6) is 0 Å². The number of carbonyl (C=O) groups is 1. The van der Waals surface area contributed by atoms with E-state index < -0.39 is 6.10 Å². The van der Waals surface area contributed by atoms with Gasteiger partial charge in [-0.25, -0.2) is 0 Å². The number of fused-ring (bicyclic) bond motifs is 1. The zero-order chi connectivity index (χ0) is 15.1. The summed E-state index contributed by atoms with van der Waals surface area (Å²) in [7, 11) is 4.18. The highest BCUT2D eigenvalue weighted by Gasteiger charge is 2.31. The van der Waals surface area contributed by atoms with Gasteiger partial charge in [-0.15, -0.1) is 0 Å². The van der Waals surface area contributed by atoms with Crippen molar-refractivity contribution < 1.29 is 9.90 Å². The van der Waals surface area contributed by atoms with Crippen LogP contribution in [0.15, 0.2) is 12.1 Å². The molecule has 0 spiro atoms. The molecule has 1 aromatic rings. The van der Waals surface area contributed by atoms with Crippen molar-refractivity contribution in [3.8, 4) is 0 Å². The van der Waals surface area contributed by atoms with Crippen LogP contribution in [-0.2, 0) is 4.79 Å². The van der Waals surface area contributed by atoms with Gasteiger partial charge in [-0.2, -0.15) is 0 Å². The van der Waals surface area contributed by atoms with Gasteiger partial charge in [0.25, 0.3) is 5.91 Å². The van der Waals surface area contributed by atoms with Crippen molar-refractivity contribution >= 4 is 28.9 Å². The van der Waals surface area contributed by atoms with Crippen LogP contribution in [-0.4, -0.2) is 49.1 Å². The SMILES string of the molecule is CN(C)C1CCCN(c2cc3c(cc2Cl)C(O)C(=O)N3)C1. The molecule has 2 heterocycles. The highest BCUT2D eigenvalue weighted by molar-refractivity contribution is 6.33. The molecule has 1 fully saturated rings. The molecule has 0 saturated carbocycles. The van der Waals surface area contributed by atoms with Gasteiger partial charge >= 0.3 is 0 Å². The van der Waals surface area contributed by atoms with Gasteiger partial charge in [-0.05, 0) is 39.1 Å². The molecule has 2 aliphatic rings. The molecule has 2 unspecified atom stereocenters. The molecule has 21 heavy (non-hydrogen) atoms. The molecular formula is C15H20ClN3O2. The van der Waals surface area contributed by atoms with Gasteiger partial charge in [-0.3, -0.25) is 4.79 Å². The van der Waals surface area contributed by atoms with Crippen LogP contribution in [0.4, 0.5) is 11.4 Å². The zero-order valence-corrected chi connectivity index (χ0v) is 13.0. The number of nitrogens with zero attached hydrogens (tertiary/aromatic N) is 2. The molecule has 2 atom stereocenters. The van der Waals surface area contributed by atoms with E-state index in [1.54, 1.807) is 6.07 Å². The van der Waals surface area contributed by atoms with Gasteiger partial charge in [-0.1, -0.05) is 11.6 Å². The Labute approximate surface area is 129 Å². The number of hydrogen-bond donors (Lipinski definition) is 2. The summed E-state index contributed by atoms with van der Waals surface area (Å²) in [5.74, 6) is -0.386. The van der Waals surface area contributed by atoms with Crippen LogP contribution >= 0.6 is 11.6 Å². The van der Waals surface area contributed by atoms with E-state index in [4.69, 9.17) is 11.6 Å². The maximum Gasteiger partial charge on any atom is 0.257 e. The molecule has 6 heteroatoms. The normalized spacial score (nSPS) is 25.2. The minimum Gasteiger partial charge on any atom is -0.378 e. The van der Waals surface area contributed by atoms with Crippen molar-refractivity contribution in [2.45, 2.75) is 25.0 Å². The van der Waals surface area contributed by atoms with Crippen molar-refractivity contribution in [1.82, 2.24) is 4.90 Å². The van der Waals surface area contributed by atoms with Gasteiger partial charge in [0.2, 0.25) is 0 Å². The lowest BCUT2D eigenvalue weighted by Crippen LogP contribution is -2.45. The van der Waals surface area contributed by atoms with E-state index in [0.717, 1.165) is 25.2 Å². The number of rotatable bonds is 2. The molecule has 5 nitrogen and oxygen atoms in total. The van der Waals surface area contributed by atoms with Crippen molar-refractivity contribution in [2.75, 3.05) is 37.4 Å². The summed E-state index contributed by atoms with van der Waals surface area (Å²) in [6.45, 7) is 1.88. The van der Waals surface area contributed by atoms with E-state index in [1.807, 2.05) is 6.07 Å². The topological polar surface area (TPSA) is 55.8 Å². The minimum atomic E-state index is -1.11. The number of halogens is 1. The first kappa shape index (κ1) is 14.6. The van der Waals surface area contributed by atoms with E-state index in [0.29, 0.717) is 22.3 Å². The van der Waals surface area contributed by atoms with Gasteiger partial charge in [0, 0.05) is 30.4 Å². The maximum atomic E-state index is 11.5. The summed E-state index contributed by atoms with van der Waals surface area (Å²) in [6.07, 6.45) is 1.19. The first-order valence-electron chi connectivity index (χ1n) is 7.21. The van der Waals surface area contributed by atoms with E-state index >= 15 is 0 Å². The number of likely N-dealkylation sites (N-methyl/N-ethyl adjacent to an activating group) is 1. The lowest BCUT2D eigenvalue weighted by molar-refractivity contribution is -0.123. The third-order valence-electron chi connectivity index (χ3n) is 4.39. The van der Waals surface area contributed by atoms with E-state index in [2.05, 4.69) is 29.2 Å². The van der Waals surface area contributed by atoms with Gasteiger partial charge in [0.1, 0.15) is 0 Å². The second-order valence-electron chi connectivity index (χ2n) is 5.99. The second kappa shape index (κ2) is 5.48. The Kier molecular flexibility index (Phi) is 3.82. The Balaban J connectivity index is 1.90. The van der Waals surface area contributed by atoms with Crippen LogP contribution in [0.25, 0.3) is 0 Å². The number of nitrogens with one attached hydrogen (secondary N) is 1. The minimum absolute atomic E-state index is 0.386. The van der Waals surface area contributed by atoms with Crippen molar-refractivity contribution in [3.05, 3.63) is 22.7 Å². The largest absolute Gasteiger partial charge is 0.378 e. The summed E-state index contributed by atoms with van der Waals surface area (Å²) in [6, 6.07) is 4.08. The summed E-state index contributed by atoms with van der Waals surface area (Å²) in [5.41, 5.74) is 2.16. The Morgan fingerprint density at radius 3 is 2.90 bits per heavy atom. The molecule has 0 bridgehead atoms. The predicted octanol–water partition coefficient (Wildman–Crippen LogP) is 1.86. The molecule has 0 radical (unpaired) electrons. The van der Waals surface area contributed by atoms with Crippen molar-refractivity contribution in [3.63, 3.8) is 0 Å². The van der Waals surface area contributed by atoms with Crippen LogP contribution in [0.3, 0.4) is 0 Å². The van der Waals surface area contributed by atoms with E-state index in [9.17, 15) is 9.90 Å². The van der Waals surface area contributed by atoms with E-state index in [1.165, 1.54) is 6.42 Å². The molecular weight excluding hydrogens is 290 g/mol. The number of amides is 1. The van der Waals surface area contributed by atoms with Gasteiger partial charge < -0.3 is 20.2 Å². The first-order chi connectivity index (χ1) is 9.97. The number of carbonyl (C=O) groups excluding carboxylic acids is 1. The lowest BCUT2D eigenvalue weighted by atomic mass is 10.0. The van der Waals surface area contributed by atoms with Crippen LogP contribution in [0.1, 0.15) is 24.5 Å². The molecule has 1 aromatic carbocycles. The Bertz CT molecular complexity index is 576. The van der Waals surface area contributed by atoms with Crippen molar-refractivity contribution in [1.29, 1.82) is 0 Å². The Hall–Kier alpha value is -1.30. The lowest BCUT2D eigenvalue weighted by Gasteiger charge is -2.38. The molecule has 0 aromatic heterocycles. The first-order valence-corrected chi connectivity index (χ1v) is 7.59. The fourth-order valence-electron chi connectivity index (χ4n) is 3.09. The maximum absolute atomic E-state index is 11.5. The van der Waals surface area contributed by atoms with Crippen LogP contribution in [0.2, 0.25) is 5.02 Å². The van der Waals surface area contributed by atoms with Crippen molar-refractivity contribution in [2.24, 2.45) is 0 Å². The molecule has 114 valence electrons. The zero-order valence-electron chi connectivity index (χ0n) is 12.3. The molecule has 1 saturated heterocycles. The number of aliphatic hydroxyl groups is 1. The van der Waals surface area contributed by atoms with Gasteiger partial charge in [0.05, 0.1) is 10.7 Å². The quantitative estimate of drug-likeness (QED) is 0.875. The summed E-state index contributed by atoms with van der Waals surface area (Å²) >= 11 is 6.38. The molecule has 2 N–H and O–H groups in total. The number of hydrogen-bond acceptors (Lipinski definition) is 4. The Morgan fingerprint density at radius 2 is 2.19 bits per heavy atom. The van der Waals surface area contributed by atoms with Crippen LogP contribution in [0, 0.1) is 0 Å². The summed E-state index contributed by atoms with van der Waals surface area (Å²) in [4.78, 5) is 16.0. The molecule has 2 aliphatic heterocycles. The fourth-order valence-corrected chi connectivity index (χ4v) is 3.38. The van der Waals surface area contributed by atoms with Gasteiger partial charge in [0.15, 0.2) is 6.10 Å². The smallest absolute Gasteiger partial charge is 0.257 e. The summed E-state index contributed by atoms with van der Waals surface area (Å²) in [5, 5.41) is 13.1. The number of piperidine rings is 1. The second-order valence-corrected chi connectivity index (χ2v) is 6.40. The number of anilines is 2. The van der Waals surface area contributed by atoms with E-state index in [-0.39, 0.29) is 5.91 Å². The highest BCUT2D eigenvalue weighted by Crippen LogP contribution is 2.39. The average Bonchev–Trinajstić information content (AvgIpc) is 2.73. The fraction of sp³-hybridized carbons (Fsp3) is 0.533. The standard InChI is InChI=1S/C15H20ClN3O2/c1-18(2)9-4-3-5-19(8-9)13-7-12-10(6-11(13)16)14(20)15(21)17-12/h6-7,9,14,20H,3-5,8H2,1-2H3,(H,17,21). The third kappa shape index (κ3) is 2.61. The molecule has 1 amide bonds. The summed E-state index contributed by atoms with van der Waals surface area (Å²) < 4.78 is 0.